The fraction of sp³-hybridized carbons (Fsp3) is 0.538. The molecule has 0 unspecified atom stereocenters. The van der Waals surface area contributed by atoms with Crippen molar-refractivity contribution in [3.05, 3.63) is 16.7 Å². The Kier molecular flexibility index (Phi) is 4.36. The van der Waals surface area contributed by atoms with Gasteiger partial charge in [0.05, 0.1) is 19.0 Å². The van der Waals surface area contributed by atoms with Crippen LogP contribution < -0.4 is 11.3 Å². The highest BCUT2D eigenvalue weighted by Crippen LogP contribution is 2.30. The third-order valence-corrected chi connectivity index (χ3v) is 3.59. The quantitative estimate of drug-likeness (QED) is 0.626. The van der Waals surface area contributed by atoms with Crippen molar-refractivity contribution in [1.82, 2.24) is 19.5 Å². The van der Waals surface area contributed by atoms with E-state index in [0.717, 1.165) is 0 Å². The van der Waals surface area contributed by atoms with E-state index in [1.165, 1.54) is 10.9 Å². The molecule has 0 spiro atoms. The van der Waals surface area contributed by atoms with Gasteiger partial charge in [0.25, 0.3) is 5.56 Å². The van der Waals surface area contributed by atoms with Crippen LogP contribution >= 0.6 is 0 Å². The first-order valence-corrected chi connectivity index (χ1v) is 7.35. The molecule has 4 N–H and O–H groups in total. The zero-order valence-corrected chi connectivity index (χ0v) is 12.8. The van der Waals surface area contributed by atoms with Gasteiger partial charge >= 0.3 is 6.16 Å². The molecule has 1 fully saturated rings. The summed E-state index contributed by atoms with van der Waals surface area (Å²) in [7, 11) is 0. The maximum Gasteiger partial charge on any atom is 0.508 e. The number of fused-ring (bicyclic) bond motifs is 1. The number of aliphatic hydroxyl groups is 1. The summed E-state index contributed by atoms with van der Waals surface area (Å²) in [4.78, 5) is 33.4. The minimum atomic E-state index is -0.860. The third kappa shape index (κ3) is 3.03. The molecular weight excluding hydrogens is 322 g/mol. The van der Waals surface area contributed by atoms with E-state index in [2.05, 4.69) is 19.7 Å². The second-order valence-corrected chi connectivity index (χ2v) is 5.20. The lowest BCUT2D eigenvalue weighted by Gasteiger charge is -2.15. The summed E-state index contributed by atoms with van der Waals surface area (Å²) in [6.45, 7) is 1.69. The van der Waals surface area contributed by atoms with Crippen molar-refractivity contribution in [3.63, 3.8) is 0 Å². The average molecular weight is 339 g/mol. The Bertz CT molecular complexity index is 802. The van der Waals surface area contributed by atoms with E-state index in [-0.39, 0.29) is 36.7 Å². The number of aromatic nitrogens is 4. The number of carbonyl (C=O) groups is 1. The number of H-pyrrole nitrogens is 1. The molecule has 24 heavy (non-hydrogen) atoms. The number of nitrogens with one attached hydrogen (secondary N) is 1. The molecule has 3 rings (SSSR count). The minimum Gasteiger partial charge on any atom is -0.435 e. The Morgan fingerprint density at radius 2 is 2.38 bits per heavy atom. The van der Waals surface area contributed by atoms with Crippen molar-refractivity contribution in [2.75, 3.05) is 18.9 Å². The lowest BCUT2D eigenvalue weighted by atomic mass is 10.2. The maximum atomic E-state index is 11.8. The summed E-state index contributed by atoms with van der Waals surface area (Å²) < 4.78 is 16.7. The van der Waals surface area contributed by atoms with E-state index in [1.54, 1.807) is 6.92 Å². The monoisotopic (exact) mass is 339 g/mol. The Morgan fingerprint density at radius 3 is 3.12 bits per heavy atom. The van der Waals surface area contributed by atoms with E-state index in [9.17, 15) is 14.7 Å². The standard InChI is InChI=1S/C13H17N5O6/c1-2-22-13(21)23-4-7-6(19)3-8(24-7)18-5-15-9-10(18)16-12(14)17-11(9)20/h5-8,19H,2-4H2,1H3,(H3,14,16,17,20)/t6-,7+,8+/m0/s1. The van der Waals surface area contributed by atoms with E-state index >= 15 is 0 Å². The van der Waals surface area contributed by atoms with Crippen LogP contribution in [0.15, 0.2) is 11.1 Å². The van der Waals surface area contributed by atoms with Gasteiger partial charge in [0.2, 0.25) is 5.95 Å². The Balaban J connectivity index is 1.75. The van der Waals surface area contributed by atoms with E-state index in [4.69, 9.17) is 15.2 Å². The smallest absolute Gasteiger partial charge is 0.435 e. The summed E-state index contributed by atoms with van der Waals surface area (Å²) >= 11 is 0. The zero-order chi connectivity index (χ0) is 17.3. The summed E-state index contributed by atoms with van der Waals surface area (Å²) in [5.74, 6) is -0.0463. The molecule has 1 saturated heterocycles. The van der Waals surface area contributed by atoms with Crippen LogP contribution in [0.4, 0.5) is 10.7 Å². The van der Waals surface area contributed by atoms with Crippen molar-refractivity contribution in [2.45, 2.75) is 31.8 Å². The van der Waals surface area contributed by atoms with Gasteiger partial charge in [-0.1, -0.05) is 0 Å². The van der Waals surface area contributed by atoms with Gasteiger partial charge in [0.15, 0.2) is 11.2 Å². The SMILES string of the molecule is CCOC(=O)OC[C@H]1O[C@@H](n2cnc3c(=O)[nH]c(N)nc32)C[C@@H]1O. The molecule has 0 saturated carbocycles. The van der Waals surface area contributed by atoms with Crippen molar-refractivity contribution in [1.29, 1.82) is 0 Å². The van der Waals surface area contributed by atoms with Gasteiger partial charge in [0, 0.05) is 6.42 Å². The molecule has 0 aliphatic carbocycles. The number of nitrogens with two attached hydrogens (primary N) is 1. The van der Waals surface area contributed by atoms with Crippen molar-refractivity contribution in [2.24, 2.45) is 0 Å². The Morgan fingerprint density at radius 1 is 1.58 bits per heavy atom. The number of nitrogen functional groups attached to an aromatic ring is 1. The van der Waals surface area contributed by atoms with Gasteiger partial charge in [-0.15, -0.1) is 0 Å². The maximum absolute atomic E-state index is 11.8. The highest BCUT2D eigenvalue weighted by atomic mass is 16.7. The number of aromatic amines is 1. The highest BCUT2D eigenvalue weighted by Gasteiger charge is 2.37. The first-order valence-electron chi connectivity index (χ1n) is 7.35. The Labute approximate surface area is 135 Å². The number of aliphatic hydroxyl groups excluding tert-OH is 1. The molecular formula is C13H17N5O6. The molecule has 3 atom stereocenters. The van der Waals surface area contributed by atoms with Gasteiger partial charge in [-0.3, -0.25) is 14.3 Å². The number of carbonyl (C=O) groups excluding carboxylic acids is 1. The van der Waals surface area contributed by atoms with Crippen LogP contribution in [0.3, 0.4) is 0 Å². The van der Waals surface area contributed by atoms with Crippen LogP contribution in [0.1, 0.15) is 19.6 Å². The van der Waals surface area contributed by atoms with E-state index < -0.39 is 30.2 Å². The number of hydrogen-bond donors (Lipinski definition) is 3. The summed E-state index contributed by atoms with van der Waals surface area (Å²) in [6, 6.07) is 0. The fourth-order valence-electron chi connectivity index (χ4n) is 2.50. The number of rotatable bonds is 4. The molecule has 3 heterocycles. The minimum absolute atomic E-state index is 0.0463. The topological polar surface area (TPSA) is 155 Å². The number of ether oxygens (including phenoxy) is 3. The fourth-order valence-corrected chi connectivity index (χ4v) is 2.50. The summed E-state index contributed by atoms with van der Waals surface area (Å²) in [5, 5.41) is 10.1. The molecule has 1 aliphatic heterocycles. The van der Waals surface area contributed by atoms with Crippen LogP contribution in [0.5, 0.6) is 0 Å². The lowest BCUT2D eigenvalue weighted by molar-refractivity contribution is -0.0562. The molecule has 0 aromatic carbocycles. The average Bonchev–Trinajstić information content (AvgIpc) is 3.09. The van der Waals surface area contributed by atoms with E-state index in [1.807, 2.05) is 0 Å². The number of hydrogen-bond acceptors (Lipinski definition) is 9. The Hall–Kier alpha value is -2.66. The van der Waals surface area contributed by atoms with Crippen molar-refractivity contribution >= 4 is 23.3 Å². The van der Waals surface area contributed by atoms with E-state index in [0.29, 0.717) is 0 Å². The van der Waals surface area contributed by atoms with Crippen molar-refractivity contribution < 1.29 is 24.1 Å². The number of anilines is 1. The summed E-state index contributed by atoms with van der Waals surface area (Å²) in [6.07, 6.45) is -1.42. The van der Waals surface area contributed by atoms with Gasteiger partial charge in [-0.05, 0) is 6.92 Å². The molecule has 130 valence electrons. The van der Waals surface area contributed by atoms with Crippen LogP contribution in [-0.4, -0.2) is 56.2 Å². The molecule has 2 aromatic rings. The summed E-state index contributed by atoms with van der Waals surface area (Å²) in [5.41, 5.74) is 5.45. The van der Waals surface area contributed by atoms with Gasteiger partial charge < -0.3 is 25.1 Å². The molecule has 2 aromatic heterocycles. The number of imidazole rings is 1. The lowest BCUT2D eigenvalue weighted by Crippen LogP contribution is -2.28. The van der Waals surface area contributed by atoms with Gasteiger partial charge in [-0.25, -0.2) is 9.78 Å². The third-order valence-electron chi connectivity index (χ3n) is 3.59. The molecule has 0 amide bonds. The van der Waals surface area contributed by atoms with Gasteiger partial charge in [0.1, 0.15) is 18.9 Å². The second-order valence-electron chi connectivity index (χ2n) is 5.20. The van der Waals surface area contributed by atoms with Crippen molar-refractivity contribution in [3.8, 4) is 0 Å². The highest BCUT2D eigenvalue weighted by molar-refractivity contribution is 5.70. The molecule has 0 radical (unpaired) electrons. The molecule has 11 nitrogen and oxygen atoms in total. The normalized spacial score (nSPS) is 23.5. The molecule has 0 bridgehead atoms. The largest absolute Gasteiger partial charge is 0.508 e. The first kappa shape index (κ1) is 16.2. The molecule has 11 heteroatoms. The zero-order valence-electron chi connectivity index (χ0n) is 12.8. The van der Waals surface area contributed by atoms with Crippen LogP contribution in [0.2, 0.25) is 0 Å². The first-order chi connectivity index (χ1) is 11.5. The number of nitrogens with zero attached hydrogens (tertiary/aromatic N) is 3. The van der Waals surface area contributed by atoms with Gasteiger partial charge in [-0.2, -0.15) is 4.98 Å². The van der Waals surface area contributed by atoms with Crippen LogP contribution in [0, 0.1) is 0 Å². The van der Waals surface area contributed by atoms with Crippen LogP contribution in [0.25, 0.3) is 11.2 Å². The molecule has 1 aliphatic rings. The predicted octanol–water partition coefficient (Wildman–Crippen LogP) is -0.477. The predicted molar refractivity (Wildman–Crippen MR) is 80.1 cm³/mol. The van der Waals surface area contributed by atoms with Crippen LogP contribution in [-0.2, 0) is 14.2 Å². The second kappa shape index (κ2) is 6.45.